The third-order valence-electron chi connectivity index (χ3n) is 5.02. The summed E-state index contributed by atoms with van der Waals surface area (Å²) in [5.74, 6) is -0.0392. The molecule has 4 rings (SSSR count). The summed E-state index contributed by atoms with van der Waals surface area (Å²) in [5.41, 5.74) is 14.5. The zero-order valence-electron chi connectivity index (χ0n) is 17.3. The lowest BCUT2D eigenvalue weighted by atomic mass is 10.2. The SMILES string of the molecule is CCn1c(COC(=O)c2nc(Cl)c(N)nc2N)[n+](Cc2ccccc2)c2ccccc21.[Br-]. The lowest BCUT2D eigenvalue weighted by molar-refractivity contribution is -0.673. The topological polar surface area (TPSA) is 113 Å². The van der Waals surface area contributed by atoms with Gasteiger partial charge < -0.3 is 33.2 Å². The molecular weight excluding hydrogens is 496 g/mol. The summed E-state index contributed by atoms with van der Waals surface area (Å²) < 4.78 is 9.84. The Labute approximate surface area is 200 Å². The largest absolute Gasteiger partial charge is 1.00 e. The maximum atomic E-state index is 12.7. The van der Waals surface area contributed by atoms with Crippen molar-refractivity contribution in [3.8, 4) is 0 Å². The number of nitrogen functional groups attached to an aromatic ring is 2. The molecule has 0 atom stereocenters. The van der Waals surface area contributed by atoms with Crippen LogP contribution in [0.4, 0.5) is 11.6 Å². The van der Waals surface area contributed by atoms with Crippen LogP contribution in [0.3, 0.4) is 0 Å². The first kappa shape index (κ1) is 23.5. The molecule has 0 fully saturated rings. The second-order valence-electron chi connectivity index (χ2n) is 6.93. The van der Waals surface area contributed by atoms with Gasteiger partial charge in [-0.15, -0.1) is 0 Å². The molecule has 4 aromatic rings. The van der Waals surface area contributed by atoms with E-state index in [1.165, 1.54) is 0 Å². The van der Waals surface area contributed by atoms with E-state index in [0.717, 1.165) is 22.4 Å². The van der Waals surface area contributed by atoms with Gasteiger partial charge in [-0.05, 0) is 24.6 Å². The molecule has 0 aliphatic heterocycles. The van der Waals surface area contributed by atoms with Crippen molar-refractivity contribution in [3.05, 3.63) is 76.8 Å². The summed E-state index contributed by atoms with van der Waals surface area (Å²) in [7, 11) is 0. The Balaban J connectivity index is 0.00000289. The lowest BCUT2D eigenvalue weighted by Gasteiger charge is -2.08. The van der Waals surface area contributed by atoms with E-state index in [-0.39, 0.29) is 46.1 Å². The number of anilines is 2. The van der Waals surface area contributed by atoms with Crippen LogP contribution < -0.4 is 33.0 Å². The van der Waals surface area contributed by atoms with E-state index in [2.05, 4.69) is 43.4 Å². The molecule has 32 heavy (non-hydrogen) atoms. The van der Waals surface area contributed by atoms with Gasteiger partial charge >= 0.3 is 5.97 Å². The highest BCUT2D eigenvalue weighted by Gasteiger charge is 2.26. The van der Waals surface area contributed by atoms with Crippen molar-refractivity contribution >= 4 is 40.2 Å². The number of aromatic nitrogens is 4. The van der Waals surface area contributed by atoms with Gasteiger partial charge in [0.1, 0.15) is 6.54 Å². The maximum Gasteiger partial charge on any atom is 0.361 e. The van der Waals surface area contributed by atoms with Gasteiger partial charge in [0.05, 0.1) is 6.54 Å². The average Bonchev–Trinajstić information content (AvgIpc) is 3.07. The number of esters is 1. The number of aryl methyl sites for hydroxylation is 1. The van der Waals surface area contributed by atoms with Crippen LogP contribution in [-0.4, -0.2) is 20.5 Å². The highest BCUT2D eigenvalue weighted by atomic mass is 79.9. The Kier molecular flexibility index (Phi) is 7.32. The molecule has 2 aromatic carbocycles. The van der Waals surface area contributed by atoms with Gasteiger partial charge in [0, 0.05) is 0 Å². The monoisotopic (exact) mass is 516 g/mol. The minimum absolute atomic E-state index is 0. The number of para-hydroxylation sites is 2. The number of carbonyl (C=O) groups excluding carboxylic acids is 1. The molecule has 0 aliphatic carbocycles. The third kappa shape index (κ3) is 4.53. The van der Waals surface area contributed by atoms with Crippen LogP contribution in [0.5, 0.6) is 0 Å². The van der Waals surface area contributed by atoms with E-state index in [9.17, 15) is 4.79 Å². The smallest absolute Gasteiger partial charge is 0.361 e. The van der Waals surface area contributed by atoms with Gasteiger partial charge in [-0.2, -0.15) is 0 Å². The minimum Gasteiger partial charge on any atom is -1.00 e. The van der Waals surface area contributed by atoms with E-state index in [4.69, 9.17) is 27.8 Å². The van der Waals surface area contributed by atoms with Crippen LogP contribution in [0.1, 0.15) is 28.8 Å². The van der Waals surface area contributed by atoms with Crippen LogP contribution >= 0.6 is 11.6 Å². The van der Waals surface area contributed by atoms with Crippen LogP contribution in [-0.2, 0) is 24.4 Å². The molecule has 0 bridgehead atoms. The van der Waals surface area contributed by atoms with Crippen LogP contribution in [0.2, 0.25) is 5.15 Å². The Hall–Kier alpha value is -3.17. The summed E-state index contributed by atoms with van der Waals surface area (Å²) in [6.45, 7) is 3.42. The molecule has 8 nitrogen and oxygen atoms in total. The zero-order valence-corrected chi connectivity index (χ0v) is 19.7. The van der Waals surface area contributed by atoms with E-state index < -0.39 is 5.97 Å². The number of fused-ring (bicyclic) bond motifs is 1. The predicted molar refractivity (Wildman–Crippen MR) is 118 cm³/mol. The van der Waals surface area contributed by atoms with Crippen LogP contribution in [0.15, 0.2) is 54.6 Å². The van der Waals surface area contributed by atoms with Crippen molar-refractivity contribution in [1.29, 1.82) is 0 Å². The molecule has 0 unspecified atom stereocenters. The summed E-state index contributed by atoms with van der Waals surface area (Å²) in [6.07, 6.45) is 0. The normalized spacial score (nSPS) is 10.7. The van der Waals surface area contributed by atoms with Gasteiger partial charge in [0.15, 0.2) is 40.1 Å². The Morgan fingerprint density at radius 3 is 2.47 bits per heavy atom. The van der Waals surface area contributed by atoms with Crippen molar-refractivity contribution in [2.24, 2.45) is 0 Å². The van der Waals surface area contributed by atoms with Crippen molar-refractivity contribution in [2.75, 3.05) is 11.5 Å². The molecule has 0 amide bonds. The van der Waals surface area contributed by atoms with Gasteiger partial charge in [-0.3, -0.25) is 0 Å². The fraction of sp³-hybridized carbons (Fsp3) is 0.182. The standard InChI is InChI=1S/C22H21ClN6O2.BrH/c1-2-28-15-10-6-7-11-16(15)29(12-14-8-4-3-5-9-14)17(28)13-31-22(30)18-20(24)27-21(25)19(23)26-18;/h3-11H,2,12-13H2,1H3,(H3-,24,25,27,30);1H. The molecule has 0 radical (unpaired) electrons. The number of halogens is 2. The second kappa shape index (κ2) is 9.97. The molecule has 0 spiro atoms. The van der Waals surface area contributed by atoms with Crippen molar-refractivity contribution in [2.45, 2.75) is 26.6 Å². The van der Waals surface area contributed by atoms with E-state index in [1.807, 2.05) is 37.3 Å². The van der Waals surface area contributed by atoms with E-state index >= 15 is 0 Å². The number of hydrogen-bond acceptors (Lipinski definition) is 6. The molecule has 4 N–H and O–H groups in total. The molecule has 2 aromatic heterocycles. The summed E-state index contributed by atoms with van der Waals surface area (Å²) >= 11 is 5.89. The minimum atomic E-state index is -0.717. The Morgan fingerprint density at radius 1 is 1.06 bits per heavy atom. The fourth-order valence-electron chi connectivity index (χ4n) is 3.59. The number of nitrogens with two attached hydrogens (primary N) is 2. The van der Waals surface area contributed by atoms with E-state index in [1.54, 1.807) is 0 Å². The first-order valence-corrected chi connectivity index (χ1v) is 10.2. The Morgan fingerprint density at radius 2 is 1.75 bits per heavy atom. The quantitative estimate of drug-likeness (QED) is 0.274. The summed E-state index contributed by atoms with van der Waals surface area (Å²) in [4.78, 5) is 20.4. The van der Waals surface area contributed by atoms with Crippen LogP contribution in [0.25, 0.3) is 11.0 Å². The zero-order chi connectivity index (χ0) is 22.0. The average molecular weight is 518 g/mol. The summed E-state index contributed by atoms with van der Waals surface area (Å²) in [5, 5.41) is -0.0945. The predicted octanol–water partition coefficient (Wildman–Crippen LogP) is -0.0342. The highest BCUT2D eigenvalue weighted by molar-refractivity contribution is 6.31. The van der Waals surface area contributed by atoms with Crippen LogP contribution in [0, 0.1) is 0 Å². The molecule has 166 valence electrons. The van der Waals surface area contributed by atoms with Crippen molar-refractivity contribution in [1.82, 2.24) is 14.5 Å². The number of benzene rings is 2. The number of ether oxygens (including phenoxy) is 1. The number of hydrogen-bond donors (Lipinski definition) is 2. The van der Waals surface area contributed by atoms with Gasteiger partial charge in [0.2, 0.25) is 0 Å². The van der Waals surface area contributed by atoms with Gasteiger partial charge in [-0.1, -0.05) is 54.1 Å². The molecule has 10 heteroatoms. The summed E-state index contributed by atoms with van der Waals surface area (Å²) in [6, 6.07) is 18.2. The van der Waals surface area contributed by atoms with Crippen molar-refractivity contribution in [3.63, 3.8) is 0 Å². The molecule has 0 saturated heterocycles. The third-order valence-corrected chi connectivity index (χ3v) is 5.29. The van der Waals surface area contributed by atoms with Crippen molar-refractivity contribution < 1.29 is 31.1 Å². The highest BCUT2D eigenvalue weighted by Crippen LogP contribution is 2.20. The molecular formula is C22H22BrClN6O2. The number of rotatable bonds is 6. The number of imidazole rings is 1. The Bertz CT molecular complexity index is 1260. The second-order valence-corrected chi connectivity index (χ2v) is 7.29. The number of carbonyl (C=O) groups is 1. The van der Waals surface area contributed by atoms with E-state index in [0.29, 0.717) is 13.1 Å². The maximum absolute atomic E-state index is 12.7. The first-order valence-electron chi connectivity index (χ1n) is 9.79. The lowest BCUT2D eigenvalue weighted by Crippen LogP contribution is -3.00. The fourth-order valence-corrected chi connectivity index (χ4v) is 3.71. The number of nitrogens with zero attached hydrogens (tertiary/aromatic N) is 4. The van der Waals surface area contributed by atoms with Gasteiger partial charge in [-0.25, -0.2) is 23.9 Å². The molecule has 2 heterocycles. The van der Waals surface area contributed by atoms with Gasteiger partial charge in [0.25, 0.3) is 5.82 Å². The molecule has 0 aliphatic rings. The first-order chi connectivity index (χ1) is 15.0. The molecule has 0 saturated carbocycles.